The molecule has 1 aliphatic heterocycles. The minimum Gasteiger partial charge on any atom is -0.461 e. The molecule has 1 unspecified atom stereocenters. The van der Waals surface area contributed by atoms with Crippen molar-refractivity contribution in [2.24, 2.45) is 11.7 Å². The zero-order chi connectivity index (χ0) is 21.6. The number of benzene rings is 1. The highest BCUT2D eigenvalue weighted by atomic mass is 16.3. The van der Waals surface area contributed by atoms with Crippen molar-refractivity contribution in [3.8, 4) is 11.3 Å². The number of hydrogen-bond donors (Lipinski definition) is 2. The largest absolute Gasteiger partial charge is 0.461 e. The summed E-state index contributed by atoms with van der Waals surface area (Å²) in [4.78, 5) is 30.3. The van der Waals surface area contributed by atoms with Gasteiger partial charge in [0.1, 0.15) is 17.3 Å². The highest BCUT2D eigenvalue weighted by Gasteiger charge is 2.24. The number of hydrogen-bond acceptors (Lipinski definition) is 5. The predicted octanol–water partition coefficient (Wildman–Crippen LogP) is 3.61. The quantitative estimate of drug-likeness (QED) is 0.610. The third-order valence-corrected chi connectivity index (χ3v) is 5.50. The molecular weight excluding hydrogens is 392 g/mol. The van der Waals surface area contributed by atoms with Gasteiger partial charge in [0, 0.05) is 31.5 Å². The lowest BCUT2D eigenvalue weighted by molar-refractivity contribution is -0.122. The van der Waals surface area contributed by atoms with Gasteiger partial charge in [0.2, 0.25) is 11.8 Å². The first-order valence-electron chi connectivity index (χ1n) is 10.5. The first-order chi connectivity index (χ1) is 15.1. The molecule has 31 heavy (non-hydrogen) atoms. The van der Waals surface area contributed by atoms with Crippen molar-refractivity contribution in [3.05, 3.63) is 66.6 Å². The first-order valence-corrected chi connectivity index (χ1v) is 10.5. The molecule has 1 atom stereocenters. The molecule has 3 aromatic rings. The third kappa shape index (κ3) is 5.31. The maximum absolute atomic E-state index is 12.3. The Morgan fingerprint density at radius 3 is 2.71 bits per heavy atom. The van der Waals surface area contributed by atoms with Crippen molar-refractivity contribution >= 4 is 23.3 Å². The second-order valence-corrected chi connectivity index (χ2v) is 7.77. The van der Waals surface area contributed by atoms with E-state index in [2.05, 4.69) is 15.2 Å². The van der Waals surface area contributed by atoms with E-state index in [0.29, 0.717) is 25.1 Å². The van der Waals surface area contributed by atoms with Crippen molar-refractivity contribution in [1.29, 1.82) is 0 Å². The number of nitrogens with zero attached hydrogens (tertiary/aromatic N) is 2. The lowest BCUT2D eigenvalue weighted by Crippen LogP contribution is -2.41. The summed E-state index contributed by atoms with van der Waals surface area (Å²) in [5.41, 5.74) is 7.10. The molecule has 160 valence electrons. The molecule has 1 aliphatic rings. The normalized spacial score (nSPS) is 16.1. The van der Waals surface area contributed by atoms with Gasteiger partial charge in [0.25, 0.3) is 0 Å². The highest BCUT2D eigenvalue weighted by Crippen LogP contribution is 2.24. The lowest BCUT2D eigenvalue weighted by atomic mass is 9.97. The van der Waals surface area contributed by atoms with Gasteiger partial charge in [0.15, 0.2) is 0 Å². The second-order valence-electron chi connectivity index (χ2n) is 7.77. The number of carbonyl (C=O) groups excluding carboxylic acids is 2. The first kappa shape index (κ1) is 20.7. The summed E-state index contributed by atoms with van der Waals surface area (Å²) in [7, 11) is 0. The zero-order valence-electron chi connectivity index (χ0n) is 17.3. The van der Waals surface area contributed by atoms with Crippen molar-refractivity contribution in [1.82, 2.24) is 4.98 Å². The van der Waals surface area contributed by atoms with Gasteiger partial charge >= 0.3 is 0 Å². The fourth-order valence-electron chi connectivity index (χ4n) is 3.79. The molecule has 1 fully saturated rings. The van der Waals surface area contributed by atoms with Crippen LogP contribution in [0.5, 0.6) is 0 Å². The Hall–Kier alpha value is -3.61. The van der Waals surface area contributed by atoms with Crippen LogP contribution >= 0.6 is 0 Å². The Balaban J connectivity index is 1.28. The number of piperidine rings is 1. The average molecular weight is 418 g/mol. The van der Waals surface area contributed by atoms with Gasteiger partial charge in [-0.2, -0.15) is 0 Å². The Labute approximate surface area is 181 Å². The minimum atomic E-state index is -0.263. The van der Waals surface area contributed by atoms with Gasteiger partial charge in [-0.15, -0.1) is 0 Å². The molecule has 3 N–H and O–H groups in total. The molecule has 3 heterocycles. The van der Waals surface area contributed by atoms with E-state index in [-0.39, 0.29) is 17.7 Å². The van der Waals surface area contributed by atoms with Gasteiger partial charge in [-0.3, -0.25) is 9.59 Å². The molecule has 4 rings (SSSR count). The third-order valence-electron chi connectivity index (χ3n) is 5.50. The molecule has 2 amide bonds. The van der Waals surface area contributed by atoms with Crippen molar-refractivity contribution in [2.75, 3.05) is 23.3 Å². The number of carbonyl (C=O) groups is 2. The van der Waals surface area contributed by atoms with E-state index in [4.69, 9.17) is 10.2 Å². The summed E-state index contributed by atoms with van der Waals surface area (Å²) in [6, 6.07) is 17.4. The van der Waals surface area contributed by atoms with E-state index < -0.39 is 0 Å². The fourth-order valence-corrected chi connectivity index (χ4v) is 3.79. The van der Waals surface area contributed by atoms with E-state index in [1.165, 1.54) is 0 Å². The second kappa shape index (κ2) is 9.47. The van der Waals surface area contributed by atoms with E-state index in [1.54, 1.807) is 6.20 Å². The Bertz CT molecular complexity index is 1030. The molecule has 1 aromatic carbocycles. The number of aromatic nitrogens is 1. The summed E-state index contributed by atoms with van der Waals surface area (Å²) >= 11 is 0. The maximum Gasteiger partial charge on any atom is 0.224 e. The van der Waals surface area contributed by atoms with E-state index in [9.17, 15) is 9.59 Å². The van der Waals surface area contributed by atoms with Crippen LogP contribution in [0.25, 0.3) is 11.3 Å². The Morgan fingerprint density at radius 1 is 1.13 bits per heavy atom. The van der Waals surface area contributed by atoms with Gasteiger partial charge < -0.3 is 20.4 Å². The lowest BCUT2D eigenvalue weighted by Gasteiger charge is -2.32. The smallest absolute Gasteiger partial charge is 0.224 e. The molecular formula is C24H26N4O3. The van der Waals surface area contributed by atoms with Crippen molar-refractivity contribution in [2.45, 2.75) is 25.7 Å². The number of rotatable bonds is 7. The van der Waals surface area contributed by atoms with E-state index >= 15 is 0 Å². The molecule has 2 aromatic heterocycles. The van der Waals surface area contributed by atoms with Crippen LogP contribution in [0.15, 0.2) is 65.2 Å². The molecule has 0 saturated carbocycles. The van der Waals surface area contributed by atoms with Crippen LogP contribution in [-0.4, -0.2) is 29.9 Å². The summed E-state index contributed by atoms with van der Waals surface area (Å²) in [5, 5.41) is 2.87. The molecule has 7 nitrogen and oxygen atoms in total. The predicted molar refractivity (Wildman–Crippen MR) is 119 cm³/mol. The Kier molecular flexibility index (Phi) is 6.31. The van der Waals surface area contributed by atoms with E-state index in [0.717, 1.165) is 42.3 Å². The minimum absolute atomic E-state index is 0.0982. The molecule has 0 aliphatic carbocycles. The number of primary amides is 1. The average Bonchev–Trinajstić information content (AvgIpc) is 3.28. The number of anilines is 2. The number of furan rings is 1. The Morgan fingerprint density at radius 2 is 1.97 bits per heavy atom. The molecule has 0 bridgehead atoms. The van der Waals surface area contributed by atoms with E-state index in [1.807, 2.05) is 54.6 Å². The number of aryl methyl sites for hydroxylation is 1. The number of pyridine rings is 1. The van der Waals surface area contributed by atoms with Gasteiger partial charge in [-0.1, -0.05) is 30.3 Å². The number of amides is 2. The topological polar surface area (TPSA) is 101 Å². The standard InChI is InChI=1S/C24H26N4O3/c25-24(30)18-7-4-14-28(16-18)22-12-8-19(15-26-22)27-23(29)13-10-20-9-11-21(31-20)17-5-2-1-3-6-17/h1-3,5-6,8-9,11-12,15,18H,4,7,10,13-14,16H2,(H2,25,30)(H,27,29). The van der Waals surface area contributed by atoms with Crippen LogP contribution in [-0.2, 0) is 16.0 Å². The zero-order valence-corrected chi connectivity index (χ0v) is 17.3. The van der Waals surface area contributed by atoms with Gasteiger partial charge in [0.05, 0.1) is 17.8 Å². The molecule has 0 spiro atoms. The fraction of sp³-hybridized carbons (Fsp3) is 0.292. The molecule has 7 heteroatoms. The van der Waals surface area contributed by atoms with Crippen LogP contribution < -0.4 is 16.0 Å². The van der Waals surface area contributed by atoms with Gasteiger partial charge in [-0.25, -0.2) is 4.98 Å². The van der Waals surface area contributed by atoms with Crippen LogP contribution in [0.4, 0.5) is 11.5 Å². The van der Waals surface area contributed by atoms with Crippen LogP contribution in [0.3, 0.4) is 0 Å². The SMILES string of the molecule is NC(=O)C1CCCN(c2ccc(NC(=O)CCc3ccc(-c4ccccc4)o3)cn2)C1. The summed E-state index contributed by atoms with van der Waals surface area (Å²) < 4.78 is 5.85. The van der Waals surface area contributed by atoms with Crippen LogP contribution in [0.1, 0.15) is 25.0 Å². The number of nitrogens with one attached hydrogen (secondary N) is 1. The van der Waals surface area contributed by atoms with Gasteiger partial charge in [-0.05, 0) is 37.1 Å². The molecule has 1 saturated heterocycles. The molecule has 0 radical (unpaired) electrons. The van der Waals surface area contributed by atoms with Crippen LogP contribution in [0.2, 0.25) is 0 Å². The number of nitrogens with two attached hydrogens (primary N) is 1. The maximum atomic E-state index is 12.3. The van der Waals surface area contributed by atoms with Crippen molar-refractivity contribution in [3.63, 3.8) is 0 Å². The highest BCUT2D eigenvalue weighted by molar-refractivity contribution is 5.90. The summed E-state index contributed by atoms with van der Waals surface area (Å²) in [6.07, 6.45) is 4.21. The van der Waals surface area contributed by atoms with Crippen LogP contribution in [0, 0.1) is 5.92 Å². The monoisotopic (exact) mass is 418 g/mol. The van der Waals surface area contributed by atoms with Crippen molar-refractivity contribution < 1.29 is 14.0 Å². The summed E-state index contributed by atoms with van der Waals surface area (Å²) in [5.74, 6) is 1.86. The summed E-state index contributed by atoms with van der Waals surface area (Å²) in [6.45, 7) is 1.43.